The Balaban J connectivity index is 0.000000245. The molecule has 0 saturated heterocycles. The first-order chi connectivity index (χ1) is 6.59. The van der Waals surface area contributed by atoms with Crippen molar-refractivity contribution in [2.24, 2.45) is 7.05 Å². The second-order valence-corrected chi connectivity index (χ2v) is 3.42. The van der Waals surface area contributed by atoms with Crippen molar-refractivity contribution in [2.75, 3.05) is 0 Å². The fourth-order valence-electron chi connectivity index (χ4n) is 1.10. The lowest BCUT2D eigenvalue weighted by Crippen LogP contribution is -1.84. The third kappa shape index (κ3) is 4.54. The molecule has 0 atom stereocenters. The minimum Gasteiger partial charge on any atom is -0.467 e. The number of rotatable bonds is 0. The Bertz CT molecular complexity index is 352. The summed E-state index contributed by atoms with van der Waals surface area (Å²) >= 11 is 0. The molecule has 0 spiro atoms. The van der Waals surface area contributed by atoms with Crippen molar-refractivity contribution in [3.8, 4) is 0 Å². The molecule has 0 saturated carbocycles. The van der Waals surface area contributed by atoms with Gasteiger partial charge in [-0.05, 0) is 45.0 Å². The lowest BCUT2D eigenvalue weighted by molar-refractivity contribution is 0.504. The van der Waals surface area contributed by atoms with Crippen LogP contribution >= 0.6 is 0 Å². The van der Waals surface area contributed by atoms with Gasteiger partial charge in [0.1, 0.15) is 11.5 Å². The number of aromatic nitrogens is 1. The maximum atomic E-state index is 5.08. The normalized spacial score (nSPS) is 8.80. The van der Waals surface area contributed by atoms with Gasteiger partial charge in [-0.2, -0.15) is 0 Å². The van der Waals surface area contributed by atoms with Crippen LogP contribution in [0.1, 0.15) is 24.6 Å². The lowest BCUT2D eigenvalue weighted by Gasteiger charge is -1.89. The minimum absolute atomic E-state index is 0. The van der Waals surface area contributed by atoms with E-state index in [1.54, 1.807) is 0 Å². The highest BCUT2D eigenvalue weighted by atomic mass is 16.3. The second kappa shape index (κ2) is 6.12. The van der Waals surface area contributed by atoms with Crippen LogP contribution in [-0.4, -0.2) is 4.57 Å². The van der Waals surface area contributed by atoms with Gasteiger partial charge in [-0.1, -0.05) is 7.43 Å². The zero-order chi connectivity index (χ0) is 10.6. The topological polar surface area (TPSA) is 18.1 Å². The Kier molecular flexibility index (Phi) is 5.53. The average molecular weight is 207 g/mol. The molecule has 0 fully saturated rings. The van der Waals surface area contributed by atoms with Gasteiger partial charge >= 0.3 is 0 Å². The van der Waals surface area contributed by atoms with Crippen LogP contribution < -0.4 is 0 Å². The van der Waals surface area contributed by atoms with Crippen LogP contribution in [0.3, 0.4) is 0 Å². The SMILES string of the molecule is C.Cc1ccc(C)o1.Cc1cccn1C. The largest absolute Gasteiger partial charge is 0.467 e. The summed E-state index contributed by atoms with van der Waals surface area (Å²) in [4.78, 5) is 0. The van der Waals surface area contributed by atoms with Crippen LogP contribution in [0.5, 0.6) is 0 Å². The zero-order valence-electron chi connectivity index (χ0n) is 9.24. The van der Waals surface area contributed by atoms with E-state index in [1.807, 2.05) is 45.3 Å². The van der Waals surface area contributed by atoms with Gasteiger partial charge in [-0.3, -0.25) is 0 Å². The summed E-state index contributed by atoms with van der Waals surface area (Å²) in [7, 11) is 2.04. The average Bonchev–Trinajstić information content (AvgIpc) is 2.65. The fourth-order valence-corrected chi connectivity index (χ4v) is 1.10. The molecule has 2 heterocycles. The van der Waals surface area contributed by atoms with Crippen LogP contribution in [0.2, 0.25) is 0 Å². The highest BCUT2D eigenvalue weighted by Gasteiger charge is 1.85. The smallest absolute Gasteiger partial charge is 0.101 e. The molecular weight excluding hydrogens is 186 g/mol. The van der Waals surface area contributed by atoms with Crippen LogP contribution in [0, 0.1) is 20.8 Å². The van der Waals surface area contributed by atoms with E-state index in [-0.39, 0.29) is 7.43 Å². The van der Waals surface area contributed by atoms with Gasteiger partial charge in [-0.25, -0.2) is 0 Å². The Labute approximate surface area is 92.5 Å². The summed E-state index contributed by atoms with van der Waals surface area (Å²) in [5.74, 6) is 1.97. The molecule has 0 N–H and O–H groups in total. The van der Waals surface area contributed by atoms with Gasteiger partial charge in [0, 0.05) is 18.9 Å². The maximum Gasteiger partial charge on any atom is 0.101 e. The standard InChI is InChI=1S/C6H9N.C6H8O.CH4/c1-6-4-3-5-7(6)2;1-5-3-4-6(2)7-5;/h3-5H,1-2H3;3-4H,1-2H3;1H4. The summed E-state index contributed by atoms with van der Waals surface area (Å²) in [5.41, 5.74) is 1.31. The van der Waals surface area contributed by atoms with E-state index >= 15 is 0 Å². The van der Waals surface area contributed by atoms with Crippen LogP contribution in [0.25, 0.3) is 0 Å². The molecule has 0 aromatic carbocycles. The molecule has 0 aliphatic rings. The van der Waals surface area contributed by atoms with Gasteiger partial charge in [-0.15, -0.1) is 0 Å². The molecule has 84 valence electrons. The fraction of sp³-hybridized carbons (Fsp3) is 0.385. The van der Waals surface area contributed by atoms with Gasteiger partial charge in [0.2, 0.25) is 0 Å². The molecule has 0 bridgehead atoms. The third-order valence-corrected chi connectivity index (χ3v) is 2.08. The highest BCUT2D eigenvalue weighted by Crippen LogP contribution is 2.02. The summed E-state index contributed by atoms with van der Waals surface area (Å²) in [6.07, 6.45) is 2.04. The number of aryl methyl sites for hydroxylation is 4. The quantitative estimate of drug-likeness (QED) is 0.641. The molecule has 15 heavy (non-hydrogen) atoms. The monoisotopic (exact) mass is 207 g/mol. The van der Waals surface area contributed by atoms with E-state index in [9.17, 15) is 0 Å². The molecule has 0 amide bonds. The van der Waals surface area contributed by atoms with Crippen LogP contribution in [0.15, 0.2) is 34.9 Å². The molecule has 2 rings (SSSR count). The predicted molar refractivity (Wildman–Crippen MR) is 65.1 cm³/mol. The van der Waals surface area contributed by atoms with Crippen molar-refractivity contribution in [1.82, 2.24) is 4.57 Å². The summed E-state index contributed by atoms with van der Waals surface area (Å²) in [6.45, 7) is 5.96. The highest BCUT2D eigenvalue weighted by molar-refractivity contribution is 5.03. The maximum absolute atomic E-state index is 5.08. The summed E-state index contributed by atoms with van der Waals surface area (Å²) in [5, 5.41) is 0. The molecule has 2 heteroatoms. The van der Waals surface area contributed by atoms with Crippen molar-refractivity contribution < 1.29 is 4.42 Å². The molecule has 0 aliphatic carbocycles. The third-order valence-electron chi connectivity index (χ3n) is 2.08. The van der Waals surface area contributed by atoms with Crippen LogP contribution in [-0.2, 0) is 7.05 Å². The zero-order valence-corrected chi connectivity index (χ0v) is 9.24. The molecule has 2 aromatic rings. The van der Waals surface area contributed by atoms with Crippen molar-refractivity contribution in [2.45, 2.75) is 28.2 Å². The van der Waals surface area contributed by atoms with E-state index in [0.717, 1.165) is 11.5 Å². The van der Waals surface area contributed by atoms with Gasteiger partial charge < -0.3 is 8.98 Å². The van der Waals surface area contributed by atoms with E-state index in [2.05, 4.69) is 17.6 Å². The number of furan rings is 1. The minimum atomic E-state index is 0. The van der Waals surface area contributed by atoms with Crippen molar-refractivity contribution >= 4 is 0 Å². The second-order valence-electron chi connectivity index (χ2n) is 3.42. The lowest BCUT2D eigenvalue weighted by atomic mass is 10.5. The van der Waals surface area contributed by atoms with Crippen molar-refractivity contribution in [1.29, 1.82) is 0 Å². The van der Waals surface area contributed by atoms with E-state index in [4.69, 9.17) is 4.42 Å². The molecule has 2 aromatic heterocycles. The molecule has 0 unspecified atom stereocenters. The Morgan fingerprint density at radius 2 is 1.53 bits per heavy atom. The van der Waals surface area contributed by atoms with Crippen LogP contribution in [0.4, 0.5) is 0 Å². The Morgan fingerprint density at radius 3 is 1.67 bits per heavy atom. The Hall–Kier alpha value is -1.44. The van der Waals surface area contributed by atoms with E-state index in [1.165, 1.54) is 5.69 Å². The first-order valence-electron chi connectivity index (χ1n) is 4.70. The molecule has 0 radical (unpaired) electrons. The van der Waals surface area contributed by atoms with E-state index in [0.29, 0.717) is 0 Å². The van der Waals surface area contributed by atoms with Gasteiger partial charge in [0.05, 0.1) is 0 Å². The van der Waals surface area contributed by atoms with Gasteiger partial charge in [0.25, 0.3) is 0 Å². The first kappa shape index (κ1) is 13.6. The molecule has 0 aliphatic heterocycles. The summed E-state index contributed by atoms with van der Waals surface area (Å²) in [6, 6.07) is 8.03. The van der Waals surface area contributed by atoms with E-state index < -0.39 is 0 Å². The number of nitrogens with zero attached hydrogens (tertiary/aromatic N) is 1. The summed E-state index contributed by atoms with van der Waals surface area (Å²) < 4.78 is 7.17. The van der Waals surface area contributed by atoms with Gasteiger partial charge in [0.15, 0.2) is 0 Å². The predicted octanol–water partition coefficient (Wildman–Crippen LogP) is 3.87. The molecular formula is C13H21NO. The molecule has 2 nitrogen and oxygen atoms in total. The number of hydrogen-bond acceptors (Lipinski definition) is 1. The van der Waals surface area contributed by atoms with Crippen molar-refractivity contribution in [3.05, 3.63) is 47.7 Å². The first-order valence-corrected chi connectivity index (χ1v) is 4.70. The Morgan fingerprint density at radius 1 is 1.00 bits per heavy atom. The van der Waals surface area contributed by atoms with Crippen molar-refractivity contribution in [3.63, 3.8) is 0 Å². The number of hydrogen-bond donors (Lipinski definition) is 0.